The summed E-state index contributed by atoms with van der Waals surface area (Å²) in [4.78, 5) is 14.4. The molecular formula is C37H38FN5O4. The smallest absolute Gasteiger partial charge is 0.319 e. The molecule has 1 aliphatic carbocycles. The van der Waals surface area contributed by atoms with E-state index in [1.807, 2.05) is 24.3 Å². The predicted octanol–water partition coefficient (Wildman–Crippen LogP) is 4.48. The molecule has 0 amide bonds. The first kappa shape index (κ1) is 29.2. The molecule has 4 saturated heterocycles. The number of phenols is 1. The number of nitrogens with zero attached hydrogens (tertiary/aromatic N) is 4. The maximum atomic E-state index is 16.9. The number of benzene rings is 3. The summed E-state index contributed by atoms with van der Waals surface area (Å²) in [7, 11) is 0. The van der Waals surface area contributed by atoms with Gasteiger partial charge in [-0.3, -0.25) is 4.90 Å². The number of anilines is 1. The van der Waals surface area contributed by atoms with Gasteiger partial charge in [0.1, 0.15) is 22.7 Å². The summed E-state index contributed by atoms with van der Waals surface area (Å²) in [6, 6.07) is 13.4. The fourth-order valence-electron chi connectivity index (χ4n) is 8.13. The van der Waals surface area contributed by atoms with Crippen LogP contribution in [0.3, 0.4) is 0 Å². The zero-order valence-corrected chi connectivity index (χ0v) is 26.3. The van der Waals surface area contributed by atoms with E-state index in [0.29, 0.717) is 71.8 Å². The molecule has 9 rings (SSSR count). The highest BCUT2D eigenvalue weighted by Crippen LogP contribution is 2.47. The van der Waals surface area contributed by atoms with Crippen LogP contribution in [-0.2, 0) is 9.47 Å². The molecule has 5 aliphatic rings. The monoisotopic (exact) mass is 635 g/mol. The van der Waals surface area contributed by atoms with E-state index in [1.54, 1.807) is 18.2 Å². The highest BCUT2D eigenvalue weighted by atomic mass is 19.1. The number of aromatic nitrogens is 2. The van der Waals surface area contributed by atoms with Crippen LogP contribution in [0.4, 0.5) is 10.2 Å². The Morgan fingerprint density at radius 3 is 2.66 bits per heavy atom. The van der Waals surface area contributed by atoms with Gasteiger partial charge in [0.15, 0.2) is 5.82 Å². The highest BCUT2D eigenvalue weighted by Gasteiger charge is 2.49. The highest BCUT2D eigenvalue weighted by molar-refractivity contribution is 6.04. The van der Waals surface area contributed by atoms with Gasteiger partial charge in [-0.05, 0) is 60.9 Å². The summed E-state index contributed by atoms with van der Waals surface area (Å²) in [5.74, 6) is 2.97. The number of ether oxygens (including phenoxy) is 3. The van der Waals surface area contributed by atoms with E-state index in [4.69, 9.17) is 30.6 Å². The summed E-state index contributed by atoms with van der Waals surface area (Å²) < 4.78 is 34.8. The Morgan fingerprint density at radius 2 is 1.91 bits per heavy atom. The number of hydrogen-bond donors (Lipinski definition) is 2. The van der Waals surface area contributed by atoms with E-state index in [1.165, 1.54) is 0 Å². The van der Waals surface area contributed by atoms with Crippen molar-refractivity contribution < 1.29 is 23.7 Å². The van der Waals surface area contributed by atoms with Gasteiger partial charge in [0.2, 0.25) is 0 Å². The van der Waals surface area contributed by atoms with Crippen molar-refractivity contribution in [3.8, 4) is 35.2 Å². The number of hydrogen-bond acceptors (Lipinski definition) is 9. The minimum atomic E-state index is -0.490. The van der Waals surface area contributed by atoms with Gasteiger partial charge in [0.25, 0.3) is 0 Å². The lowest BCUT2D eigenvalue weighted by molar-refractivity contribution is -0.238. The van der Waals surface area contributed by atoms with Crippen molar-refractivity contribution in [2.45, 2.75) is 43.4 Å². The van der Waals surface area contributed by atoms with Gasteiger partial charge in [-0.1, -0.05) is 24.1 Å². The number of phenolic OH excluding ortho intramolecular Hbond substituents is 1. The normalized spacial score (nSPS) is 24.4. The first-order valence-electron chi connectivity index (χ1n) is 16.7. The number of terminal acetylenes is 1. The molecule has 9 nitrogen and oxygen atoms in total. The molecule has 4 aromatic rings. The van der Waals surface area contributed by atoms with Crippen LogP contribution in [0.25, 0.3) is 32.8 Å². The number of rotatable bonds is 7. The van der Waals surface area contributed by atoms with Crippen LogP contribution in [-0.4, -0.2) is 96.8 Å². The van der Waals surface area contributed by atoms with Gasteiger partial charge >= 0.3 is 6.01 Å². The van der Waals surface area contributed by atoms with Crippen LogP contribution in [0.1, 0.15) is 31.2 Å². The molecule has 1 saturated carbocycles. The zero-order valence-electron chi connectivity index (χ0n) is 26.3. The third-order valence-corrected chi connectivity index (χ3v) is 10.8. The van der Waals surface area contributed by atoms with Crippen LogP contribution in [0.2, 0.25) is 0 Å². The molecule has 1 spiro atoms. The third kappa shape index (κ3) is 5.17. The van der Waals surface area contributed by atoms with Crippen LogP contribution >= 0.6 is 0 Å². The zero-order chi connectivity index (χ0) is 31.8. The summed E-state index contributed by atoms with van der Waals surface area (Å²) in [5, 5.41) is 16.4. The minimum Gasteiger partial charge on any atom is -0.508 e. The van der Waals surface area contributed by atoms with Crippen molar-refractivity contribution in [1.82, 2.24) is 20.2 Å². The van der Waals surface area contributed by atoms with Gasteiger partial charge in [-0.2, -0.15) is 9.97 Å². The molecule has 47 heavy (non-hydrogen) atoms. The second kappa shape index (κ2) is 11.0. The van der Waals surface area contributed by atoms with E-state index < -0.39 is 5.82 Å². The van der Waals surface area contributed by atoms with Crippen molar-refractivity contribution in [2.24, 2.45) is 5.41 Å². The summed E-state index contributed by atoms with van der Waals surface area (Å²) in [6.07, 6.45) is 10.2. The van der Waals surface area contributed by atoms with Crippen molar-refractivity contribution in [1.29, 1.82) is 0 Å². The molecule has 242 valence electrons. The topological polar surface area (TPSA) is 92.2 Å². The first-order chi connectivity index (χ1) is 22.9. The second-order valence-electron chi connectivity index (χ2n) is 14.3. The summed E-state index contributed by atoms with van der Waals surface area (Å²) >= 11 is 0. The molecule has 1 aromatic heterocycles. The predicted molar refractivity (Wildman–Crippen MR) is 177 cm³/mol. The number of aromatic hydroxyl groups is 1. The SMILES string of the molecule is C#Cc1cccc2cc(O)cc(-c3ccc4c(N5CC6CCC(C5)N6)nc(OCC5(CN6CCOC7(COC7)C6)CC5)nc4c3F)c12. The van der Waals surface area contributed by atoms with Gasteiger partial charge < -0.3 is 29.5 Å². The Kier molecular flexibility index (Phi) is 6.84. The van der Waals surface area contributed by atoms with Crippen molar-refractivity contribution in [3.63, 3.8) is 0 Å². The minimum absolute atomic E-state index is 0.0161. The molecule has 4 aliphatic heterocycles. The lowest BCUT2D eigenvalue weighted by atomic mass is 9.93. The Balaban J connectivity index is 1.09. The lowest BCUT2D eigenvalue weighted by Crippen LogP contribution is -2.63. The van der Waals surface area contributed by atoms with Crippen LogP contribution < -0.4 is 15.0 Å². The molecule has 2 unspecified atom stereocenters. The van der Waals surface area contributed by atoms with E-state index in [2.05, 4.69) is 21.0 Å². The van der Waals surface area contributed by atoms with E-state index in [-0.39, 0.29) is 28.3 Å². The van der Waals surface area contributed by atoms with E-state index in [0.717, 1.165) is 63.8 Å². The third-order valence-electron chi connectivity index (χ3n) is 10.8. The van der Waals surface area contributed by atoms with Crippen LogP contribution in [0, 0.1) is 23.6 Å². The molecule has 0 radical (unpaired) electrons. The Bertz CT molecular complexity index is 1920. The Morgan fingerprint density at radius 1 is 1.09 bits per heavy atom. The van der Waals surface area contributed by atoms with Crippen molar-refractivity contribution in [3.05, 3.63) is 53.8 Å². The Hall–Kier alpha value is -4.01. The number of piperazine rings is 1. The number of fused-ring (bicyclic) bond motifs is 4. The fourth-order valence-corrected chi connectivity index (χ4v) is 8.13. The average molecular weight is 636 g/mol. The molecule has 2 bridgehead atoms. The van der Waals surface area contributed by atoms with Crippen molar-refractivity contribution >= 4 is 27.5 Å². The maximum absolute atomic E-state index is 16.9. The molecule has 5 fully saturated rings. The average Bonchev–Trinajstić information content (AvgIpc) is 3.75. The van der Waals surface area contributed by atoms with Gasteiger partial charge in [0.05, 0.1) is 26.4 Å². The molecule has 5 heterocycles. The second-order valence-corrected chi connectivity index (χ2v) is 14.3. The summed E-state index contributed by atoms with van der Waals surface area (Å²) in [5.41, 5.74) is 1.53. The first-order valence-corrected chi connectivity index (χ1v) is 16.7. The molecule has 2 atom stereocenters. The van der Waals surface area contributed by atoms with Crippen LogP contribution in [0.15, 0.2) is 42.5 Å². The molecular weight excluding hydrogens is 597 g/mol. The van der Waals surface area contributed by atoms with Crippen LogP contribution in [0.5, 0.6) is 11.8 Å². The number of halogens is 1. The summed E-state index contributed by atoms with van der Waals surface area (Å²) in [6.45, 7) is 6.76. The van der Waals surface area contributed by atoms with E-state index in [9.17, 15) is 5.11 Å². The quantitative estimate of drug-likeness (QED) is 0.286. The maximum Gasteiger partial charge on any atom is 0.319 e. The molecule has 2 N–H and O–H groups in total. The standard InChI is InChI=1S/C37H38FN5O4/c1-2-23-4-3-5-24-14-27(44)15-30(31(23)24)28-8-9-29-33(32(28)38)40-35(41-34(29)43-16-25-6-7-26(17-43)39-25)46-20-36(10-11-36)18-42-12-13-47-37(19-42)21-45-22-37/h1,3-5,8-9,14-15,25-26,39,44H,6-7,10-13,16-22H2. The lowest BCUT2D eigenvalue weighted by Gasteiger charge is -2.48. The van der Waals surface area contributed by atoms with Gasteiger partial charge in [-0.15, -0.1) is 6.42 Å². The van der Waals surface area contributed by atoms with E-state index >= 15 is 4.39 Å². The van der Waals surface area contributed by atoms with Gasteiger partial charge in [-0.25, -0.2) is 4.39 Å². The van der Waals surface area contributed by atoms with Gasteiger partial charge in [0, 0.05) is 72.1 Å². The number of nitrogens with one attached hydrogen (secondary N) is 1. The molecule has 3 aromatic carbocycles. The Labute approximate surface area is 273 Å². The number of morpholine rings is 1. The van der Waals surface area contributed by atoms with Crippen molar-refractivity contribution in [2.75, 3.05) is 64.1 Å². The largest absolute Gasteiger partial charge is 0.508 e. The molecule has 10 heteroatoms. The fraction of sp³-hybridized carbons (Fsp3) is 0.459.